The molecule has 1 aliphatic rings. The zero-order valence-electron chi connectivity index (χ0n) is 8.08. The zero-order valence-corrected chi connectivity index (χ0v) is 10.4. The summed E-state index contributed by atoms with van der Waals surface area (Å²) in [7, 11) is 0. The van der Waals surface area contributed by atoms with Gasteiger partial charge < -0.3 is 15.2 Å². The van der Waals surface area contributed by atoms with Crippen molar-refractivity contribution in [2.75, 3.05) is 0 Å². The topological polar surface area (TPSA) is 87.4 Å². The Labute approximate surface area is 107 Å². The molecule has 0 heterocycles. The average Bonchev–Trinajstić information content (AvgIpc) is 2.42. The highest BCUT2D eigenvalue weighted by atomic mass is 35.6. The second kappa shape index (κ2) is 4.98. The van der Waals surface area contributed by atoms with E-state index < -0.39 is 21.5 Å². The molecule has 0 aromatic heterocycles. The summed E-state index contributed by atoms with van der Waals surface area (Å²) in [4.78, 5) is 15.3. The van der Waals surface area contributed by atoms with Gasteiger partial charge in [0.1, 0.15) is 12.2 Å². The van der Waals surface area contributed by atoms with Gasteiger partial charge in [0.2, 0.25) is 0 Å². The maximum absolute atomic E-state index is 10.6. The van der Waals surface area contributed by atoms with Crippen LogP contribution in [0.5, 0.6) is 0 Å². The van der Waals surface area contributed by atoms with Gasteiger partial charge in [0.15, 0.2) is 3.79 Å². The molecule has 16 heavy (non-hydrogen) atoms. The Hall–Kier alpha value is -0.200. The summed E-state index contributed by atoms with van der Waals surface area (Å²) in [6.07, 6.45) is 1.48. The number of carboxylic acid groups (broad SMARTS) is 1. The van der Waals surface area contributed by atoms with Gasteiger partial charge in [-0.3, -0.25) is 4.84 Å². The van der Waals surface area contributed by atoms with Crippen LogP contribution in [0.1, 0.15) is 12.8 Å². The van der Waals surface area contributed by atoms with Crippen molar-refractivity contribution in [3.8, 4) is 0 Å². The standard InChI is InChI=1S/C8H11Cl3N2O3/c9-8(10,11)4-7(13-6(14)15)3-1-2-5(7)16-12/h1,3,5,13H,2,4,12H2,(H,14,15)/p-1. The predicted molar refractivity (Wildman–Crippen MR) is 59.0 cm³/mol. The van der Waals surface area contributed by atoms with Crippen LogP contribution in [0.3, 0.4) is 0 Å². The van der Waals surface area contributed by atoms with Gasteiger partial charge in [0.05, 0.1) is 5.54 Å². The summed E-state index contributed by atoms with van der Waals surface area (Å²) in [5.74, 6) is 5.08. The summed E-state index contributed by atoms with van der Waals surface area (Å²) < 4.78 is -1.63. The maximum Gasteiger partial charge on any atom is 0.193 e. The monoisotopic (exact) mass is 287 g/mol. The van der Waals surface area contributed by atoms with E-state index in [1.165, 1.54) is 0 Å². The molecule has 0 fully saturated rings. The minimum absolute atomic E-state index is 0.100. The van der Waals surface area contributed by atoms with Crippen LogP contribution >= 0.6 is 34.8 Å². The summed E-state index contributed by atoms with van der Waals surface area (Å²) >= 11 is 17.0. The molecule has 0 radical (unpaired) electrons. The zero-order chi connectivity index (χ0) is 12.4. The van der Waals surface area contributed by atoms with Crippen LogP contribution in [0.2, 0.25) is 0 Å². The molecule has 0 aliphatic heterocycles. The summed E-state index contributed by atoms with van der Waals surface area (Å²) in [6.45, 7) is 0. The third kappa shape index (κ3) is 3.40. The molecular weight excluding hydrogens is 278 g/mol. The quantitative estimate of drug-likeness (QED) is 0.453. The van der Waals surface area contributed by atoms with E-state index in [4.69, 9.17) is 40.7 Å². The molecule has 92 valence electrons. The maximum atomic E-state index is 10.6. The van der Waals surface area contributed by atoms with Crippen LogP contribution in [0.15, 0.2) is 12.2 Å². The molecule has 3 N–H and O–H groups in total. The van der Waals surface area contributed by atoms with Gasteiger partial charge in [-0.1, -0.05) is 47.0 Å². The molecule has 0 aromatic rings. The molecule has 0 spiro atoms. The lowest BCUT2D eigenvalue weighted by atomic mass is 9.92. The molecular formula is C8H10Cl3N2O3-. The lowest BCUT2D eigenvalue weighted by Crippen LogP contribution is -2.59. The fraction of sp³-hybridized carbons (Fsp3) is 0.625. The Balaban J connectivity index is 2.92. The Morgan fingerprint density at radius 2 is 2.31 bits per heavy atom. The molecule has 2 atom stereocenters. The van der Waals surface area contributed by atoms with E-state index in [1.54, 1.807) is 12.2 Å². The van der Waals surface area contributed by atoms with Crippen molar-refractivity contribution >= 4 is 40.9 Å². The normalized spacial score (nSPS) is 29.4. The molecule has 1 rings (SSSR count). The highest BCUT2D eigenvalue weighted by molar-refractivity contribution is 6.67. The van der Waals surface area contributed by atoms with Gasteiger partial charge in [0.25, 0.3) is 0 Å². The van der Waals surface area contributed by atoms with E-state index in [2.05, 4.69) is 10.2 Å². The fourth-order valence-electron chi connectivity index (χ4n) is 1.76. The van der Waals surface area contributed by atoms with E-state index in [-0.39, 0.29) is 6.42 Å². The molecule has 8 heteroatoms. The number of rotatable bonds is 3. The highest BCUT2D eigenvalue weighted by Crippen LogP contribution is 2.40. The third-order valence-corrected chi connectivity index (χ3v) is 2.73. The first kappa shape index (κ1) is 13.9. The van der Waals surface area contributed by atoms with Crippen molar-refractivity contribution in [3.05, 3.63) is 12.2 Å². The fourth-order valence-corrected chi connectivity index (χ4v) is 2.42. The number of carbonyl (C=O) groups excluding carboxylic acids is 1. The third-order valence-electron chi connectivity index (χ3n) is 2.33. The molecule has 1 amide bonds. The van der Waals surface area contributed by atoms with Crippen LogP contribution in [0.4, 0.5) is 4.79 Å². The molecule has 0 bridgehead atoms. The average molecular weight is 289 g/mol. The second-order valence-corrected chi connectivity index (χ2v) is 6.02. The van der Waals surface area contributed by atoms with Crippen molar-refractivity contribution in [2.45, 2.75) is 28.3 Å². The number of hydrogen-bond acceptors (Lipinski definition) is 4. The van der Waals surface area contributed by atoms with Crippen LogP contribution in [-0.2, 0) is 4.84 Å². The number of nitrogens with two attached hydrogens (primary N) is 1. The van der Waals surface area contributed by atoms with Gasteiger partial charge in [-0.05, 0) is 6.42 Å². The highest BCUT2D eigenvalue weighted by Gasteiger charge is 2.45. The van der Waals surface area contributed by atoms with Crippen molar-refractivity contribution < 1.29 is 14.7 Å². The van der Waals surface area contributed by atoms with Crippen LogP contribution in [0, 0.1) is 0 Å². The lowest BCUT2D eigenvalue weighted by Gasteiger charge is -2.37. The number of hydrogen-bond donors (Lipinski definition) is 2. The van der Waals surface area contributed by atoms with E-state index in [0.29, 0.717) is 6.42 Å². The van der Waals surface area contributed by atoms with Crippen LogP contribution in [0.25, 0.3) is 0 Å². The van der Waals surface area contributed by atoms with Crippen LogP contribution in [-0.4, -0.2) is 21.5 Å². The molecule has 2 unspecified atom stereocenters. The number of alkyl halides is 3. The minimum atomic E-state index is -1.63. The van der Waals surface area contributed by atoms with E-state index in [0.717, 1.165) is 0 Å². The largest absolute Gasteiger partial charge is 0.530 e. The molecule has 1 aliphatic carbocycles. The first-order valence-corrected chi connectivity index (χ1v) is 5.51. The molecule has 0 saturated carbocycles. The number of carbonyl (C=O) groups is 1. The smallest absolute Gasteiger partial charge is 0.193 e. The van der Waals surface area contributed by atoms with Gasteiger partial charge in [-0.25, -0.2) is 5.90 Å². The Morgan fingerprint density at radius 3 is 2.75 bits per heavy atom. The summed E-state index contributed by atoms with van der Waals surface area (Å²) in [5.41, 5.74) is -1.17. The molecule has 5 nitrogen and oxygen atoms in total. The van der Waals surface area contributed by atoms with Crippen molar-refractivity contribution in [1.29, 1.82) is 0 Å². The summed E-state index contributed by atoms with van der Waals surface area (Å²) in [6, 6.07) is 0. The first-order chi connectivity index (χ1) is 7.29. The lowest BCUT2D eigenvalue weighted by molar-refractivity contribution is -0.253. The molecule has 0 aromatic carbocycles. The van der Waals surface area contributed by atoms with Crippen LogP contribution < -0.4 is 16.3 Å². The number of nitrogens with one attached hydrogen (secondary N) is 1. The van der Waals surface area contributed by atoms with Crippen molar-refractivity contribution in [1.82, 2.24) is 5.32 Å². The van der Waals surface area contributed by atoms with Gasteiger partial charge in [-0.15, -0.1) is 0 Å². The van der Waals surface area contributed by atoms with Gasteiger partial charge >= 0.3 is 0 Å². The van der Waals surface area contributed by atoms with Gasteiger partial charge in [0, 0.05) is 6.42 Å². The minimum Gasteiger partial charge on any atom is -0.530 e. The Morgan fingerprint density at radius 1 is 1.69 bits per heavy atom. The SMILES string of the molecule is NOC1CC=CC1(CC(Cl)(Cl)Cl)NC(=O)[O-]. The van der Waals surface area contributed by atoms with Crippen molar-refractivity contribution in [3.63, 3.8) is 0 Å². The second-order valence-electron chi connectivity index (χ2n) is 3.51. The Bertz CT molecular complexity index is 305. The first-order valence-electron chi connectivity index (χ1n) is 4.38. The van der Waals surface area contributed by atoms with E-state index >= 15 is 0 Å². The van der Waals surface area contributed by atoms with Crippen molar-refractivity contribution in [2.24, 2.45) is 5.90 Å². The van der Waals surface area contributed by atoms with Gasteiger partial charge in [-0.2, -0.15) is 0 Å². The van der Waals surface area contributed by atoms with E-state index in [1.807, 2.05) is 0 Å². The number of amides is 1. The summed E-state index contributed by atoms with van der Waals surface area (Å²) in [5, 5.41) is 12.8. The molecule has 0 saturated heterocycles. The predicted octanol–water partition coefficient (Wildman–Crippen LogP) is 0.637. The number of halogens is 3. The van der Waals surface area contributed by atoms with E-state index in [9.17, 15) is 9.90 Å². The Kier molecular flexibility index (Phi) is 4.31.